The molecule has 0 saturated heterocycles. The van der Waals surface area contributed by atoms with Crippen molar-refractivity contribution in [3.8, 4) is 0 Å². The van der Waals surface area contributed by atoms with E-state index < -0.39 is 16.0 Å². The molecular formula is C13H18N2O4S. The molecule has 1 fully saturated rings. The summed E-state index contributed by atoms with van der Waals surface area (Å²) in [6, 6.07) is 4.01. The van der Waals surface area contributed by atoms with E-state index in [4.69, 9.17) is 5.73 Å². The zero-order valence-electron chi connectivity index (χ0n) is 11.4. The second kappa shape index (κ2) is 5.41. The Kier molecular flexibility index (Phi) is 4.01. The Labute approximate surface area is 118 Å². The van der Waals surface area contributed by atoms with Crippen LogP contribution in [-0.2, 0) is 14.8 Å². The smallest absolute Gasteiger partial charge is 0.339 e. The summed E-state index contributed by atoms with van der Waals surface area (Å²) in [5.74, 6) is -0.200. The van der Waals surface area contributed by atoms with E-state index in [-0.39, 0.29) is 16.5 Å². The van der Waals surface area contributed by atoms with Crippen molar-refractivity contribution < 1.29 is 17.9 Å². The quantitative estimate of drug-likeness (QED) is 0.641. The van der Waals surface area contributed by atoms with E-state index in [2.05, 4.69) is 16.4 Å². The first-order valence-electron chi connectivity index (χ1n) is 6.33. The van der Waals surface area contributed by atoms with Crippen LogP contribution in [0.25, 0.3) is 0 Å². The molecule has 20 heavy (non-hydrogen) atoms. The number of carbonyl (C=O) groups excluding carboxylic acids is 1. The molecule has 0 bridgehead atoms. The summed E-state index contributed by atoms with van der Waals surface area (Å²) in [6.45, 7) is 2.06. The van der Waals surface area contributed by atoms with Crippen LogP contribution in [0.5, 0.6) is 0 Å². The molecular weight excluding hydrogens is 280 g/mol. The first-order valence-corrected chi connectivity index (χ1v) is 7.82. The molecule has 6 nitrogen and oxygen atoms in total. The number of hydrogen-bond acceptors (Lipinski definition) is 5. The molecule has 0 atom stereocenters. The topological polar surface area (TPSA) is 98.5 Å². The summed E-state index contributed by atoms with van der Waals surface area (Å²) in [5, 5.41) is 0. The van der Waals surface area contributed by atoms with Gasteiger partial charge in [-0.1, -0.05) is 6.92 Å². The minimum Gasteiger partial charge on any atom is -0.465 e. The summed E-state index contributed by atoms with van der Waals surface area (Å²) in [7, 11) is -2.56. The van der Waals surface area contributed by atoms with Gasteiger partial charge in [-0.2, -0.15) is 0 Å². The molecule has 0 aliphatic heterocycles. The van der Waals surface area contributed by atoms with Gasteiger partial charge in [-0.15, -0.1) is 0 Å². The molecule has 0 spiro atoms. The van der Waals surface area contributed by atoms with Crippen molar-refractivity contribution in [1.29, 1.82) is 0 Å². The van der Waals surface area contributed by atoms with Crippen molar-refractivity contribution in [3.63, 3.8) is 0 Å². The summed E-state index contributed by atoms with van der Waals surface area (Å²) < 4.78 is 31.9. The van der Waals surface area contributed by atoms with Gasteiger partial charge in [0.05, 0.1) is 17.6 Å². The lowest BCUT2D eigenvalue weighted by molar-refractivity contribution is 0.0596. The largest absolute Gasteiger partial charge is 0.465 e. The molecule has 1 aliphatic carbocycles. The van der Waals surface area contributed by atoms with Gasteiger partial charge in [0, 0.05) is 11.7 Å². The van der Waals surface area contributed by atoms with Crippen molar-refractivity contribution in [1.82, 2.24) is 4.72 Å². The molecule has 0 amide bonds. The maximum Gasteiger partial charge on any atom is 0.339 e. The standard InChI is InChI=1S/C13H18N2O4S/c1-8-5-10(6-8)15-20(17,18)12-4-3-9(14)7-11(12)13(16)19-2/h3-4,7-8,10,15H,5-6,14H2,1-2H3. The maximum atomic E-state index is 12.3. The predicted molar refractivity (Wildman–Crippen MR) is 74.7 cm³/mol. The first kappa shape index (κ1) is 14.8. The maximum absolute atomic E-state index is 12.3. The Hall–Kier alpha value is -1.60. The number of esters is 1. The molecule has 0 radical (unpaired) electrons. The molecule has 1 aromatic carbocycles. The van der Waals surface area contributed by atoms with Crippen molar-refractivity contribution in [2.24, 2.45) is 5.92 Å². The van der Waals surface area contributed by atoms with Gasteiger partial charge < -0.3 is 10.5 Å². The lowest BCUT2D eigenvalue weighted by Crippen LogP contribution is -2.43. The van der Waals surface area contributed by atoms with Crippen LogP contribution in [0.2, 0.25) is 0 Å². The number of hydrogen-bond donors (Lipinski definition) is 2. The lowest BCUT2D eigenvalue weighted by Gasteiger charge is -2.33. The van der Waals surface area contributed by atoms with Gasteiger partial charge in [0.1, 0.15) is 0 Å². The molecule has 2 rings (SSSR count). The highest BCUT2D eigenvalue weighted by atomic mass is 32.2. The molecule has 1 saturated carbocycles. The van der Waals surface area contributed by atoms with Crippen molar-refractivity contribution in [2.75, 3.05) is 12.8 Å². The predicted octanol–water partition coefficient (Wildman–Crippen LogP) is 1.13. The van der Waals surface area contributed by atoms with E-state index in [0.29, 0.717) is 11.6 Å². The Morgan fingerprint density at radius 2 is 2.05 bits per heavy atom. The molecule has 0 heterocycles. The van der Waals surface area contributed by atoms with Gasteiger partial charge in [0.25, 0.3) is 0 Å². The van der Waals surface area contributed by atoms with Crippen LogP contribution in [-0.4, -0.2) is 27.5 Å². The fourth-order valence-corrected chi connectivity index (χ4v) is 3.77. The Morgan fingerprint density at radius 3 is 2.60 bits per heavy atom. The summed E-state index contributed by atoms with van der Waals surface area (Å²) in [6.07, 6.45) is 1.61. The molecule has 0 aromatic heterocycles. The normalized spacial score (nSPS) is 22.1. The minimum atomic E-state index is -3.75. The third-order valence-electron chi connectivity index (χ3n) is 3.39. The number of benzene rings is 1. The van der Waals surface area contributed by atoms with Crippen molar-refractivity contribution in [2.45, 2.75) is 30.7 Å². The molecule has 3 N–H and O–H groups in total. The van der Waals surface area contributed by atoms with E-state index in [1.807, 2.05) is 0 Å². The third-order valence-corrected chi connectivity index (χ3v) is 4.97. The fourth-order valence-electron chi connectivity index (χ4n) is 2.33. The molecule has 7 heteroatoms. The lowest BCUT2D eigenvalue weighted by atomic mass is 9.83. The second-order valence-corrected chi connectivity index (χ2v) is 6.82. The van der Waals surface area contributed by atoms with Crippen LogP contribution in [0.3, 0.4) is 0 Å². The van der Waals surface area contributed by atoms with Crippen LogP contribution >= 0.6 is 0 Å². The van der Waals surface area contributed by atoms with Crippen molar-refractivity contribution in [3.05, 3.63) is 23.8 Å². The number of anilines is 1. The van der Waals surface area contributed by atoms with Crippen LogP contribution in [0.1, 0.15) is 30.1 Å². The monoisotopic (exact) mass is 298 g/mol. The first-order chi connectivity index (χ1) is 9.33. The summed E-state index contributed by atoms with van der Waals surface area (Å²) in [5.41, 5.74) is 5.86. The van der Waals surface area contributed by atoms with Crippen molar-refractivity contribution >= 4 is 21.7 Å². The van der Waals surface area contributed by atoms with Gasteiger partial charge in [-0.3, -0.25) is 0 Å². The highest BCUT2D eigenvalue weighted by Gasteiger charge is 2.31. The van der Waals surface area contributed by atoms with E-state index in [1.165, 1.54) is 25.3 Å². The molecule has 0 unspecified atom stereocenters. The highest BCUT2D eigenvalue weighted by Crippen LogP contribution is 2.28. The van der Waals surface area contributed by atoms with Gasteiger partial charge >= 0.3 is 5.97 Å². The van der Waals surface area contributed by atoms with E-state index >= 15 is 0 Å². The highest BCUT2D eigenvalue weighted by molar-refractivity contribution is 7.89. The Morgan fingerprint density at radius 1 is 1.40 bits per heavy atom. The van der Waals surface area contributed by atoms with Gasteiger partial charge in [-0.05, 0) is 37.0 Å². The number of nitrogens with one attached hydrogen (secondary N) is 1. The molecule has 1 aliphatic rings. The number of rotatable bonds is 4. The average Bonchev–Trinajstić information content (AvgIpc) is 2.35. The van der Waals surface area contributed by atoms with E-state index in [1.54, 1.807) is 0 Å². The van der Waals surface area contributed by atoms with Gasteiger partial charge in [0.15, 0.2) is 0 Å². The SMILES string of the molecule is COC(=O)c1cc(N)ccc1S(=O)(=O)NC1CC(C)C1. The zero-order valence-corrected chi connectivity index (χ0v) is 12.2. The summed E-state index contributed by atoms with van der Waals surface area (Å²) >= 11 is 0. The summed E-state index contributed by atoms with van der Waals surface area (Å²) in [4.78, 5) is 11.6. The zero-order chi connectivity index (χ0) is 14.9. The number of carbonyl (C=O) groups is 1. The van der Waals surface area contributed by atoms with Gasteiger partial charge in [0.2, 0.25) is 10.0 Å². The van der Waals surface area contributed by atoms with Gasteiger partial charge in [-0.25, -0.2) is 17.9 Å². The third kappa shape index (κ3) is 2.94. The number of nitrogens with two attached hydrogens (primary N) is 1. The number of nitrogen functional groups attached to an aromatic ring is 1. The second-order valence-electron chi connectivity index (χ2n) is 5.14. The van der Waals surface area contributed by atoms with Crippen LogP contribution in [0, 0.1) is 5.92 Å². The Bertz CT molecular complexity index is 621. The number of methoxy groups -OCH3 is 1. The molecule has 1 aromatic rings. The number of ether oxygens (including phenoxy) is 1. The minimum absolute atomic E-state index is 0.0487. The van der Waals surface area contributed by atoms with Crippen LogP contribution in [0.4, 0.5) is 5.69 Å². The van der Waals surface area contributed by atoms with E-state index in [9.17, 15) is 13.2 Å². The van der Waals surface area contributed by atoms with Crippen LogP contribution < -0.4 is 10.5 Å². The van der Waals surface area contributed by atoms with Crippen LogP contribution in [0.15, 0.2) is 23.1 Å². The number of sulfonamides is 1. The average molecular weight is 298 g/mol. The van der Waals surface area contributed by atoms with E-state index in [0.717, 1.165) is 12.8 Å². The Balaban J connectivity index is 2.33. The molecule has 110 valence electrons. The fraction of sp³-hybridized carbons (Fsp3) is 0.462.